The summed E-state index contributed by atoms with van der Waals surface area (Å²) in [5, 5.41) is 17.7. The van der Waals surface area contributed by atoms with Crippen LogP contribution in [0.4, 0.5) is 0 Å². The number of carbonyl (C=O) groups is 4. The Balaban J connectivity index is 1.83. The largest absolute Gasteiger partial charge is 0.493 e. The third kappa shape index (κ3) is 9.92. The van der Waals surface area contributed by atoms with Crippen LogP contribution in [0.5, 0.6) is 11.5 Å². The van der Waals surface area contributed by atoms with Gasteiger partial charge in [0.2, 0.25) is 23.6 Å². The molecule has 5 atom stereocenters. The number of aliphatic hydroxyl groups is 1. The number of nitrogens with zero attached hydrogens (tertiary/aromatic N) is 1. The average Bonchev–Trinajstić information content (AvgIpc) is 3.55. The van der Waals surface area contributed by atoms with Crippen LogP contribution < -0.4 is 25.8 Å². The number of imide groups is 1. The number of benzene rings is 2. The molecule has 5 N–H and O–H groups in total. The van der Waals surface area contributed by atoms with Crippen molar-refractivity contribution in [2.24, 2.45) is 23.5 Å². The summed E-state index contributed by atoms with van der Waals surface area (Å²) in [5.41, 5.74) is 6.25. The van der Waals surface area contributed by atoms with Crippen molar-refractivity contribution in [2.75, 3.05) is 20.3 Å². The number of rotatable bonds is 17. The SMILES string of the molecule is COc1cccc2c1OCC2[C@@](CC(C)C)(C(=O)N[C@@H](CC1CCCCC1)[C@@H](O)CC(=O)NCC(C)C)N(C(C)=O)C(=O)[C@@H](N)Cc1ccccc1. The van der Waals surface area contributed by atoms with E-state index in [2.05, 4.69) is 10.6 Å². The van der Waals surface area contributed by atoms with Crippen LogP contribution in [-0.4, -0.2) is 77.6 Å². The molecule has 1 heterocycles. The van der Waals surface area contributed by atoms with Crippen molar-refractivity contribution < 1.29 is 33.8 Å². The van der Waals surface area contributed by atoms with Crippen LogP contribution in [-0.2, 0) is 25.6 Å². The Morgan fingerprint density at radius 1 is 1.00 bits per heavy atom. The molecule has 4 amide bonds. The van der Waals surface area contributed by atoms with E-state index in [0.717, 1.165) is 42.6 Å². The number of carbonyl (C=O) groups excluding carboxylic acids is 4. The standard InChI is InChI=1S/C41H60N4O7/c1-26(2)23-41(32-25-52-38-31(32)18-13-19-36(38)51-6,45(28(5)46)39(49)33(42)20-29-14-9-7-10-15-29)40(50)44-34(21-30-16-11-8-12-17-30)35(47)22-37(48)43-24-27(3)4/h7,9-10,13-15,18-19,26-27,30,32-35,47H,8,11-12,16-17,20-25,42H2,1-6H3,(H,43,48)(H,44,50)/t32?,33-,34-,35-,41-/m0/s1. The van der Waals surface area contributed by atoms with Gasteiger partial charge < -0.3 is 30.9 Å². The van der Waals surface area contributed by atoms with Crippen LogP contribution in [0, 0.1) is 17.8 Å². The van der Waals surface area contributed by atoms with Gasteiger partial charge in [-0.25, -0.2) is 0 Å². The second kappa shape index (κ2) is 18.7. The second-order valence-corrected chi connectivity index (χ2v) is 15.5. The highest BCUT2D eigenvalue weighted by Crippen LogP contribution is 2.50. The second-order valence-electron chi connectivity index (χ2n) is 15.5. The molecule has 2 aromatic rings. The zero-order chi connectivity index (χ0) is 38.0. The number of fused-ring (bicyclic) bond motifs is 1. The van der Waals surface area contributed by atoms with Crippen LogP contribution >= 0.6 is 0 Å². The lowest BCUT2D eigenvalue weighted by atomic mass is 9.72. The Morgan fingerprint density at radius 3 is 2.31 bits per heavy atom. The van der Waals surface area contributed by atoms with Gasteiger partial charge in [-0.15, -0.1) is 0 Å². The van der Waals surface area contributed by atoms with Gasteiger partial charge in [0.25, 0.3) is 0 Å². The number of hydrogen-bond donors (Lipinski definition) is 4. The summed E-state index contributed by atoms with van der Waals surface area (Å²) in [6.07, 6.45) is 4.43. The minimum Gasteiger partial charge on any atom is -0.493 e. The van der Waals surface area contributed by atoms with Crippen molar-refractivity contribution in [3.63, 3.8) is 0 Å². The number of ether oxygens (including phenoxy) is 2. The Bertz CT molecular complexity index is 1510. The molecule has 286 valence electrons. The molecule has 1 fully saturated rings. The van der Waals surface area contributed by atoms with E-state index >= 15 is 4.79 Å². The van der Waals surface area contributed by atoms with Gasteiger partial charge in [0.15, 0.2) is 11.5 Å². The minimum absolute atomic E-state index is 0.00567. The number of hydrogen-bond acceptors (Lipinski definition) is 8. The number of para-hydroxylation sites is 1. The van der Waals surface area contributed by atoms with Gasteiger partial charge in [-0.2, -0.15) is 0 Å². The molecule has 2 aliphatic rings. The Morgan fingerprint density at radius 2 is 1.69 bits per heavy atom. The summed E-state index contributed by atoms with van der Waals surface area (Å²) >= 11 is 0. The summed E-state index contributed by atoms with van der Waals surface area (Å²) in [6.45, 7) is 9.59. The Labute approximate surface area is 309 Å². The highest BCUT2D eigenvalue weighted by Gasteiger charge is 2.58. The first-order valence-corrected chi connectivity index (χ1v) is 19.0. The van der Waals surface area contributed by atoms with Gasteiger partial charge in [-0.05, 0) is 48.6 Å². The molecule has 2 aromatic carbocycles. The fourth-order valence-electron chi connectivity index (χ4n) is 8.00. The predicted molar refractivity (Wildman–Crippen MR) is 201 cm³/mol. The molecule has 1 saturated carbocycles. The van der Waals surface area contributed by atoms with Crippen molar-refractivity contribution >= 4 is 23.6 Å². The molecular formula is C41H60N4O7. The van der Waals surface area contributed by atoms with Crippen molar-refractivity contribution in [1.29, 1.82) is 0 Å². The van der Waals surface area contributed by atoms with E-state index in [1.54, 1.807) is 12.1 Å². The van der Waals surface area contributed by atoms with Crippen molar-refractivity contribution in [1.82, 2.24) is 15.5 Å². The van der Waals surface area contributed by atoms with Gasteiger partial charge in [0.05, 0.1) is 44.2 Å². The van der Waals surface area contributed by atoms with E-state index in [0.29, 0.717) is 30.0 Å². The molecule has 0 radical (unpaired) electrons. The van der Waals surface area contributed by atoms with Crippen molar-refractivity contribution in [2.45, 2.75) is 122 Å². The lowest BCUT2D eigenvalue weighted by Gasteiger charge is -2.47. The highest BCUT2D eigenvalue weighted by atomic mass is 16.5. The Hall–Kier alpha value is -3.96. The maximum Gasteiger partial charge on any atom is 0.247 e. The number of nitrogens with two attached hydrogens (primary N) is 1. The fraction of sp³-hybridized carbons (Fsp3) is 0.610. The summed E-state index contributed by atoms with van der Waals surface area (Å²) < 4.78 is 11.8. The van der Waals surface area contributed by atoms with E-state index in [1.807, 2.05) is 64.1 Å². The lowest BCUT2D eigenvalue weighted by molar-refractivity contribution is -0.162. The zero-order valence-corrected chi connectivity index (χ0v) is 31.9. The van der Waals surface area contributed by atoms with E-state index in [1.165, 1.54) is 14.0 Å². The monoisotopic (exact) mass is 720 g/mol. The molecule has 52 heavy (non-hydrogen) atoms. The normalized spacial score (nSPS) is 18.8. The summed E-state index contributed by atoms with van der Waals surface area (Å²) in [4.78, 5) is 58.1. The van der Waals surface area contributed by atoms with Crippen LogP contribution in [0.3, 0.4) is 0 Å². The van der Waals surface area contributed by atoms with Crippen molar-refractivity contribution in [3.05, 3.63) is 59.7 Å². The average molecular weight is 721 g/mol. The van der Waals surface area contributed by atoms with E-state index in [-0.39, 0.29) is 49.5 Å². The maximum absolute atomic E-state index is 15.4. The first kappa shape index (κ1) is 40.8. The molecule has 11 heteroatoms. The topological polar surface area (TPSA) is 160 Å². The molecule has 0 spiro atoms. The third-order valence-electron chi connectivity index (χ3n) is 10.4. The molecule has 1 unspecified atom stereocenters. The van der Waals surface area contributed by atoms with Crippen LogP contribution in [0.15, 0.2) is 48.5 Å². The molecule has 4 rings (SSSR count). The molecule has 1 aliphatic heterocycles. The van der Waals surface area contributed by atoms with E-state index < -0.39 is 47.4 Å². The van der Waals surface area contributed by atoms with Crippen LogP contribution in [0.1, 0.15) is 103 Å². The van der Waals surface area contributed by atoms with Gasteiger partial charge in [-0.3, -0.25) is 24.1 Å². The third-order valence-corrected chi connectivity index (χ3v) is 10.4. The summed E-state index contributed by atoms with van der Waals surface area (Å²) in [6, 6.07) is 12.7. The zero-order valence-electron chi connectivity index (χ0n) is 31.9. The first-order valence-electron chi connectivity index (χ1n) is 19.0. The molecule has 1 aliphatic carbocycles. The fourth-order valence-corrected chi connectivity index (χ4v) is 8.00. The highest BCUT2D eigenvalue weighted by molar-refractivity contribution is 6.04. The van der Waals surface area contributed by atoms with Crippen LogP contribution in [0.2, 0.25) is 0 Å². The predicted octanol–water partition coefficient (Wildman–Crippen LogP) is 4.88. The Kier molecular flexibility index (Phi) is 14.7. The quantitative estimate of drug-likeness (QED) is 0.180. The molecule has 0 aromatic heterocycles. The molecule has 0 bridgehead atoms. The van der Waals surface area contributed by atoms with Crippen LogP contribution in [0.25, 0.3) is 0 Å². The number of nitrogens with one attached hydrogen (secondary N) is 2. The lowest BCUT2D eigenvalue weighted by Crippen LogP contribution is -2.69. The van der Waals surface area contributed by atoms with Gasteiger partial charge in [0.1, 0.15) is 5.54 Å². The van der Waals surface area contributed by atoms with Crippen molar-refractivity contribution in [3.8, 4) is 11.5 Å². The summed E-state index contributed by atoms with van der Waals surface area (Å²) in [7, 11) is 1.53. The van der Waals surface area contributed by atoms with E-state index in [4.69, 9.17) is 15.2 Å². The maximum atomic E-state index is 15.4. The number of methoxy groups -OCH3 is 1. The minimum atomic E-state index is -1.81. The molecule has 11 nitrogen and oxygen atoms in total. The van der Waals surface area contributed by atoms with Gasteiger partial charge in [-0.1, -0.05) is 102 Å². The first-order chi connectivity index (χ1) is 24.8. The molecule has 0 saturated heterocycles. The number of amides is 4. The number of aliphatic hydroxyl groups excluding tert-OH is 1. The summed E-state index contributed by atoms with van der Waals surface area (Å²) in [5.74, 6) is -1.80. The van der Waals surface area contributed by atoms with Gasteiger partial charge >= 0.3 is 0 Å². The van der Waals surface area contributed by atoms with Gasteiger partial charge in [0, 0.05) is 19.0 Å². The smallest absolute Gasteiger partial charge is 0.247 e. The molecular weight excluding hydrogens is 660 g/mol. The van der Waals surface area contributed by atoms with E-state index in [9.17, 15) is 19.5 Å².